The minimum Gasteiger partial charge on any atom is -0.337 e. The van der Waals surface area contributed by atoms with E-state index in [1.54, 1.807) is 13.2 Å². The molecule has 0 aliphatic carbocycles. The molecule has 0 spiro atoms. The number of nitrogens with one attached hydrogen (secondary N) is 1. The minimum atomic E-state index is -0.0435. The fourth-order valence-corrected chi connectivity index (χ4v) is 2.94. The summed E-state index contributed by atoms with van der Waals surface area (Å²) in [5.41, 5.74) is 1.61. The van der Waals surface area contributed by atoms with Crippen molar-refractivity contribution in [1.29, 1.82) is 0 Å². The first kappa shape index (κ1) is 13.2. The number of aryl methyl sites for hydroxylation is 1. The Kier molecular flexibility index (Phi) is 3.48. The molecule has 1 fully saturated rings. The summed E-state index contributed by atoms with van der Waals surface area (Å²) < 4.78 is 1.53. The van der Waals surface area contributed by atoms with Gasteiger partial charge in [0.1, 0.15) is 5.69 Å². The van der Waals surface area contributed by atoms with Gasteiger partial charge in [0.25, 0.3) is 5.91 Å². The lowest BCUT2D eigenvalue weighted by atomic mass is 9.93. The Morgan fingerprint density at radius 1 is 1.45 bits per heavy atom. The van der Waals surface area contributed by atoms with Crippen LogP contribution in [0.2, 0.25) is 5.02 Å². The van der Waals surface area contributed by atoms with Gasteiger partial charge in [-0.2, -0.15) is 10.2 Å². The van der Waals surface area contributed by atoms with E-state index < -0.39 is 0 Å². The SMILES string of the molecule is Cn1ncc(Cl)c1C(=O)N1CCC(c2ccn[nH]2)CC1. The maximum absolute atomic E-state index is 12.5. The van der Waals surface area contributed by atoms with Gasteiger partial charge in [-0.1, -0.05) is 11.6 Å². The molecule has 0 radical (unpaired) electrons. The summed E-state index contributed by atoms with van der Waals surface area (Å²) in [7, 11) is 1.73. The van der Waals surface area contributed by atoms with Crippen molar-refractivity contribution in [1.82, 2.24) is 24.9 Å². The summed E-state index contributed by atoms with van der Waals surface area (Å²) in [6.45, 7) is 1.45. The summed E-state index contributed by atoms with van der Waals surface area (Å²) in [5, 5.41) is 11.4. The van der Waals surface area contributed by atoms with Crippen molar-refractivity contribution in [2.24, 2.45) is 7.05 Å². The molecule has 0 bridgehead atoms. The molecule has 3 heterocycles. The van der Waals surface area contributed by atoms with Gasteiger partial charge in [-0.05, 0) is 18.9 Å². The van der Waals surface area contributed by atoms with Crippen molar-refractivity contribution in [3.8, 4) is 0 Å². The highest BCUT2D eigenvalue weighted by Gasteiger charge is 2.27. The van der Waals surface area contributed by atoms with Crippen LogP contribution < -0.4 is 0 Å². The molecule has 0 unspecified atom stereocenters. The summed E-state index contributed by atoms with van der Waals surface area (Å²) in [4.78, 5) is 14.3. The lowest BCUT2D eigenvalue weighted by molar-refractivity contribution is 0.0701. The molecule has 106 valence electrons. The first-order valence-corrected chi connectivity index (χ1v) is 7.00. The average Bonchev–Trinajstić information content (AvgIpc) is 3.09. The molecule has 6 nitrogen and oxygen atoms in total. The molecule has 20 heavy (non-hydrogen) atoms. The third-order valence-electron chi connectivity index (χ3n) is 3.84. The molecule has 1 aliphatic rings. The average molecular weight is 294 g/mol. The molecule has 1 saturated heterocycles. The second-order valence-corrected chi connectivity index (χ2v) is 5.45. The zero-order valence-electron chi connectivity index (χ0n) is 11.2. The molecule has 2 aromatic heterocycles. The number of rotatable bonds is 2. The van der Waals surface area contributed by atoms with E-state index in [2.05, 4.69) is 15.3 Å². The molecule has 1 N–H and O–H groups in total. The van der Waals surface area contributed by atoms with Crippen LogP contribution in [0.15, 0.2) is 18.5 Å². The van der Waals surface area contributed by atoms with Crippen LogP contribution in [-0.4, -0.2) is 43.9 Å². The third-order valence-corrected chi connectivity index (χ3v) is 4.12. The van der Waals surface area contributed by atoms with Crippen LogP contribution >= 0.6 is 11.6 Å². The van der Waals surface area contributed by atoms with Crippen molar-refractivity contribution in [2.45, 2.75) is 18.8 Å². The Morgan fingerprint density at radius 3 is 2.75 bits per heavy atom. The lowest BCUT2D eigenvalue weighted by Gasteiger charge is -2.31. The van der Waals surface area contributed by atoms with Crippen LogP contribution in [0.25, 0.3) is 0 Å². The van der Waals surface area contributed by atoms with Gasteiger partial charge in [-0.15, -0.1) is 0 Å². The smallest absolute Gasteiger partial charge is 0.273 e. The van der Waals surface area contributed by atoms with Crippen molar-refractivity contribution in [2.75, 3.05) is 13.1 Å². The van der Waals surface area contributed by atoms with E-state index in [0.717, 1.165) is 31.6 Å². The van der Waals surface area contributed by atoms with E-state index in [9.17, 15) is 4.79 Å². The highest BCUT2D eigenvalue weighted by molar-refractivity contribution is 6.33. The number of hydrogen-bond acceptors (Lipinski definition) is 3. The quantitative estimate of drug-likeness (QED) is 0.918. The largest absolute Gasteiger partial charge is 0.337 e. The number of amides is 1. The Morgan fingerprint density at radius 2 is 2.20 bits per heavy atom. The summed E-state index contributed by atoms with van der Waals surface area (Å²) in [6, 6.07) is 2.00. The number of carbonyl (C=O) groups excluding carboxylic acids is 1. The van der Waals surface area contributed by atoms with Crippen LogP contribution in [0.3, 0.4) is 0 Å². The predicted molar refractivity (Wildman–Crippen MR) is 74.7 cm³/mol. The fourth-order valence-electron chi connectivity index (χ4n) is 2.69. The van der Waals surface area contributed by atoms with E-state index in [0.29, 0.717) is 16.6 Å². The van der Waals surface area contributed by atoms with Crippen LogP contribution in [-0.2, 0) is 7.05 Å². The molecule has 1 amide bonds. The molecule has 0 aromatic carbocycles. The van der Waals surface area contributed by atoms with Crippen LogP contribution in [0.4, 0.5) is 0 Å². The Bertz CT molecular complexity index is 579. The van der Waals surface area contributed by atoms with E-state index in [-0.39, 0.29) is 5.91 Å². The van der Waals surface area contributed by atoms with E-state index in [4.69, 9.17) is 11.6 Å². The maximum Gasteiger partial charge on any atom is 0.273 e. The second-order valence-electron chi connectivity index (χ2n) is 5.04. The number of likely N-dealkylation sites (tertiary alicyclic amines) is 1. The van der Waals surface area contributed by atoms with Crippen molar-refractivity contribution < 1.29 is 4.79 Å². The number of carbonyl (C=O) groups is 1. The minimum absolute atomic E-state index is 0.0435. The van der Waals surface area contributed by atoms with Gasteiger partial charge < -0.3 is 4.90 Å². The van der Waals surface area contributed by atoms with Crippen molar-refractivity contribution in [3.05, 3.63) is 34.9 Å². The highest BCUT2D eigenvalue weighted by Crippen LogP contribution is 2.27. The maximum atomic E-state index is 12.5. The van der Waals surface area contributed by atoms with E-state index in [1.165, 1.54) is 10.9 Å². The standard InChI is InChI=1S/C13H16ClN5O/c1-18-12(10(14)8-16-18)13(20)19-6-3-9(4-7-19)11-2-5-15-17-11/h2,5,8-9H,3-4,6-7H2,1H3,(H,15,17). The predicted octanol–water partition coefficient (Wildman–Crippen LogP) is 1.82. The first-order valence-electron chi connectivity index (χ1n) is 6.63. The van der Waals surface area contributed by atoms with Gasteiger partial charge >= 0.3 is 0 Å². The van der Waals surface area contributed by atoms with Gasteiger partial charge in [0.15, 0.2) is 0 Å². The normalized spacial score (nSPS) is 16.6. The summed E-state index contributed by atoms with van der Waals surface area (Å²) >= 11 is 6.02. The number of nitrogens with zero attached hydrogens (tertiary/aromatic N) is 4. The number of H-pyrrole nitrogens is 1. The van der Waals surface area contributed by atoms with Crippen LogP contribution in [0.1, 0.15) is 34.9 Å². The molecular formula is C13H16ClN5O. The van der Waals surface area contributed by atoms with Crippen molar-refractivity contribution in [3.63, 3.8) is 0 Å². The van der Waals surface area contributed by atoms with Crippen LogP contribution in [0.5, 0.6) is 0 Å². The number of aromatic amines is 1. The highest BCUT2D eigenvalue weighted by atomic mass is 35.5. The van der Waals surface area contributed by atoms with Gasteiger partial charge in [-0.3, -0.25) is 14.6 Å². The molecule has 3 rings (SSSR count). The lowest BCUT2D eigenvalue weighted by Crippen LogP contribution is -2.39. The van der Waals surface area contributed by atoms with E-state index >= 15 is 0 Å². The third kappa shape index (κ3) is 2.31. The van der Waals surface area contributed by atoms with Gasteiger partial charge in [0.05, 0.1) is 11.2 Å². The number of piperidine rings is 1. The van der Waals surface area contributed by atoms with Gasteiger partial charge in [-0.25, -0.2) is 0 Å². The Balaban J connectivity index is 1.68. The summed E-state index contributed by atoms with van der Waals surface area (Å²) in [6.07, 6.45) is 5.14. The monoisotopic (exact) mass is 293 g/mol. The van der Waals surface area contributed by atoms with Gasteiger partial charge in [0.2, 0.25) is 0 Å². The molecule has 1 aliphatic heterocycles. The first-order chi connectivity index (χ1) is 9.66. The molecule has 0 atom stereocenters. The topological polar surface area (TPSA) is 66.8 Å². The molecule has 2 aromatic rings. The molecule has 7 heteroatoms. The van der Waals surface area contributed by atoms with Crippen LogP contribution in [0, 0.1) is 0 Å². The second kappa shape index (κ2) is 5.28. The Labute approximate surface area is 121 Å². The number of hydrogen-bond donors (Lipinski definition) is 1. The number of halogens is 1. The van der Waals surface area contributed by atoms with Gasteiger partial charge in [0, 0.05) is 37.9 Å². The van der Waals surface area contributed by atoms with E-state index in [1.807, 2.05) is 11.0 Å². The molecule has 0 saturated carbocycles. The fraction of sp³-hybridized carbons (Fsp3) is 0.462. The summed E-state index contributed by atoms with van der Waals surface area (Å²) in [5.74, 6) is 0.404. The zero-order chi connectivity index (χ0) is 14.1. The Hall–Kier alpha value is -1.82. The number of aromatic nitrogens is 4. The molecular weight excluding hydrogens is 278 g/mol. The van der Waals surface area contributed by atoms with Crippen molar-refractivity contribution >= 4 is 17.5 Å². The zero-order valence-corrected chi connectivity index (χ0v) is 12.0.